The Morgan fingerprint density at radius 1 is 1.19 bits per heavy atom. The number of rotatable bonds is 6. The summed E-state index contributed by atoms with van der Waals surface area (Å²) in [4.78, 5) is 21.8. The maximum absolute atomic E-state index is 14.0. The molecule has 1 aliphatic heterocycles. The van der Waals surface area contributed by atoms with Gasteiger partial charge in [0, 0.05) is 48.7 Å². The van der Waals surface area contributed by atoms with Crippen LogP contribution in [0.5, 0.6) is 0 Å². The molecule has 1 saturated heterocycles. The molecule has 0 saturated carbocycles. The van der Waals surface area contributed by atoms with Crippen LogP contribution in [0.1, 0.15) is 12.6 Å². The molecular formula is C23H24ClFN4OS. The van der Waals surface area contributed by atoms with Crippen LogP contribution in [-0.2, 0) is 11.3 Å². The van der Waals surface area contributed by atoms with Gasteiger partial charge in [0.15, 0.2) is 0 Å². The molecule has 2 heterocycles. The Morgan fingerprint density at radius 2 is 1.94 bits per heavy atom. The molecule has 0 spiro atoms. The molecule has 0 radical (unpaired) electrons. The minimum Gasteiger partial charge on any atom is -0.322 e. The number of nitrogens with one attached hydrogen (secondary N) is 1. The van der Waals surface area contributed by atoms with Gasteiger partial charge in [-0.15, -0.1) is 11.3 Å². The van der Waals surface area contributed by atoms with E-state index in [1.54, 1.807) is 17.4 Å². The first-order valence-corrected chi connectivity index (χ1v) is 11.5. The molecule has 31 heavy (non-hydrogen) atoms. The van der Waals surface area contributed by atoms with Crippen LogP contribution in [0.15, 0.2) is 53.9 Å². The van der Waals surface area contributed by atoms with Crippen molar-refractivity contribution in [3.05, 3.63) is 70.4 Å². The van der Waals surface area contributed by atoms with E-state index >= 15 is 0 Å². The van der Waals surface area contributed by atoms with Gasteiger partial charge >= 0.3 is 0 Å². The van der Waals surface area contributed by atoms with E-state index in [0.717, 1.165) is 49.0 Å². The van der Waals surface area contributed by atoms with Crippen molar-refractivity contribution in [1.29, 1.82) is 0 Å². The predicted molar refractivity (Wildman–Crippen MR) is 124 cm³/mol. The predicted octanol–water partition coefficient (Wildman–Crippen LogP) is 4.75. The molecular weight excluding hydrogens is 435 g/mol. The normalized spacial score (nSPS) is 16.2. The number of hydrogen-bond acceptors (Lipinski definition) is 5. The van der Waals surface area contributed by atoms with Gasteiger partial charge in [0.1, 0.15) is 10.8 Å². The van der Waals surface area contributed by atoms with E-state index in [1.165, 1.54) is 12.1 Å². The summed E-state index contributed by atoms with van der Waals surface area (Å²) < 4.78 is 14.0. The second-order valence-electron chi connectivity index (χ2n) is 7.61. The number of thiazole rings is 1. The van der Waals surface area contributed by atoms with E-state index in [-0.39, 0.29) is 17.6 Å². The fourth-order valence-corrected chi connectivity index (χ4v) is 4.60. The number of carbonyl (C=O) groups excluding carboxylic acids is 1. The van der Waals surface area contributed by atoms with Crippen molar-refractivity contribution < 1.29 is 9.18 Å². The highest BCUT2D eigenvalue weighted by Crippen LogP contribution is 2.24. The van der Waals surface area contributed by atoms with Gasteiger partial charge in [-0.2, -0.15) is 0 Å². The molecule has 1 fully saturated rings. The van der Waals surface area contributed by atoms with Crippen LogP contribution in [0.25, 0.3) is 10.6 Å². The topological polar surface area (TPSA) is 48.5 Å². The standard InChI is InChI=1S/C23H24ClFN4OS/c1-16(22(30)27-21-8-7-18(24)13-20(21)25)29-11-9-28(10-12-29)14-19-15-31-23(26-19)17-5-3-2-4-6-17/h2-8,13,15-16H,9-12,14H2,1H3,(H,27,30). The molecule has 162 valence electrons. The number of halogens is 2. The number of piperazine rings is 1. The van der Waals surface area contributed by atoms with Crippen molar-refractivity contribution in [2.45, 2.75) is 19.5 Å². The molecule has 1 atom stereocenters. The lowest BCUT2D eigenvalue weighted by atomic mass is 10.2. The summed E-state index contributed by atoms with van der Waals surface area (Å²) >= 11 is 7.44. The van der Waals surface area contributed by atoms with Crippen LogP contribution in [0, 0.1) is 5.82 Å². The maximum atomic E-state index is 14.0. The Labute approximate surface area is 190 Å². The van der Waals surface area contributed by atoms with Crippen molar-refractivity contribution in [2.75, 3.05) is 31.5 Å². The summed E-state index contributed by atoms with van der Waals surface area (Å²) in [5.74, 6) is -0.752. The molecule has 1 aromatic heterocycles. The number of hydrogen-bond donors (Lipinski definition) is 1. The summed E-state index contributed by atoms with van der Waals surface area (Å²) in [6, 6.07) is 14.1. The van der Waals surface area contributed by atoms with Gasteiger partial charge in [0.05, 0.1) is 17.4 Å². The molecule has 4 rings (SSSR count). The monoisotopic (exact) mass is 458 g/mol. The summed E-state index contributed by atoms with van der Waals surface area (Å²) in [5, 5.41) is 6.12. The summed E-state index contributed by atoms with van der Waals surface area (Å²) in [6.07, 6.45) is 0. The number of carbonyl (C=O) groups is 1. The van der Waals surface area contributed by atoms with Crippen molar-refractivity contribution in [1.82, 2.24) is 14.8 Å². The number of aromatic nitrogens is 1. The largest absolute Gasteiger partial charge is 0.322 e. The smallest absolute Gasteiger partial charge is 0.241 e. The average molecular weight is 459 g/mol. The molecule has 8 heteroatoms. The second-order valence-corrected chi connectivity index (χ2v) is 8.91. The van der Waals surface area contributed by atoms with Crippen molar-refractivity contribution >= 4 is 34.5 Å². The van der Waals surface area contributed by atoms with Gasteiger partial charge in [0.25, 0.3) is 0 Å². The van der Waals surface area contributed by atoms with E-state index < -0.39 is 5.82 Å². The fourth-order valence-electron chi connectivity index (χ4n) is 3.62. The lowest BCUT2D eigenvalue weighted by Gasteiger charge is -2.37. The minimum absolute atomic E-state index is 0.151. The van der Waals surface area contributed by atoms with Crippen LogP contribution in [0.3, 0.4) is 0 Å². The molecule has 5 nitrogen and oxygen atoms in total. The molecule has 2 aromatic carbocycles. The third-order valence-electron chi connectivity index (χ3n) is 5.48. The molecule has 1 unspecified atom stereocenters. The van der Waals surface area contributed by atoms with E-state index in [4.69, 9.17) is 16.6 Å². The zero-order chi connectivity index (χ0) is 21.8. The lowest BCUT2D eigenvalue weighted by Crippen LogP contribution is -2.52. The Balaban J connectivity index is 1.28. The Bertz CT molecular complexity index is 1040. The molecule has 0 aliphatic carbocycles. The van der Waals surface area contributed by atoms with Crippen molar-refractivity contribution in [2.24, 2.45) is 0 Å². The first-order valence-electron chi connectivity index (χ1n) is 10.2. The lowest BCUT2D eigenvalue weighted by molar-refractivity contribution is -0.121. The van der Waals surface area contributed by atoms with Gasteiger partial charge in [0.2, 0.25) is 5.91 Å². The number of nitrogens with zero attached hydrogens (tertiary/aromatic N) is 3. The minimum atomic E-state index is -0.531. The van der Waals surface area contributed by atoms with E-state index in [0.29, 0.717) is 5.02 Å². The quantitative estimate of drug-likeness (QED) is 0.579. The van der Waals surface area contributed by atoms with E-state index in [9.17, 15) is 9.18 Å². The Kier molecular flexibility index (Phi) is 6.97. The second kappa shape index (κ2) is 9.87. The fraction of sp³-hybridized carbons (Fsp3) is 0.304. The third-order valence-corrected chi connectivity index (χ3v) is 6.66. The van der Waals surface area contributed by atoms with E-state index in [1.807, 2.05) is 25.1 Å². The van der Waals surface area contributed by atoms with Crippen LogP contribution in [0.2, 0.25) is 5.02 Å². The first-order chi connectivity index (χ1) is 15.0. The number of anilines is 1. The maximum Gasteiger partial charge on any atom is 0.241 e. The van der Waals surface area contributed by atoms with Gasteiger partial charge in [-0.05, 0) is 25.1 Å². The van der Waals surface area contributed by atoms with Crippen molar-refractivity contribution in [3.8, 4) is 10.6 Å². The zero-order valence-corrected chi connectivity index (χ0v) is 18.8. The highest BCUT2D eigenvalue weighted by atomic mass is 35.5. The molecule has 1 N–H and O–H groups in total. The van der Waals surface area contributed by atoms with Gasteiger partial charge in [-0.25, -0.2) is 9.37 Å². The summed E-state index contributed by atoms with van der Waals surface area (Å²) in [5.41, 5.74) is 2.36. The van der Waals surface area contributed by atoms with Crippen LogP contribution in [0.4, 0.5) is 10.1 Å². The molecule has 3 aromatic rings. The van der Waals surface area contributed by atoms with Crippen LogP contribution >= 0.6 is 22.9 Å². The molecule has 1 aliphatic rings. The number of amides is 1. The molecule has 1 amide bonds. The highest BCUT2D eigenvalue weighted by Gasteiger charge is 2.26. The highest BCUT2D eigenvalue weighted by molar-refractivity contribution is 7.13. The van der Waals surface area contributed by atoms with Crippen LogP contribution in [-0.4, -0.2) is 52.9 Å². The van der Waals surface area contributed by atoms with Crippen molar-refractivity contribution in [3.63, 3.8) is 0 Å². The summed E-state index contributed by atoms with van der Waals surface area (Å²) in [7, 11) is 0. The first kappa shape index (κ1) is 21.9. The van der Waals surface area contributed by atoms with Crippen LogP contribution < -0.4 is 5.32 Å². The molecule has 0 bridgehead atoms. The van der Waals surface area contributed by atoms with Gasteiger partial charge in [-0.1, -0.05) is 41.9 Å². The SMILES string of the molecule is CC(C(=O)Nc1ccc(Cl)cc1F)N1CCN(Cc2csc(-c3ccccc3)n2)CC1. The van der Waals surface area contributed by atoms with Gasteiger partial charge in [-0.3, -0.25) is 14.6 Å². The zero-order valence-electron chi connectivity index (χ0n) is 17.2. The Morgan fingerprint density at radius 3 is 2.65 bits per heavy atom. The number of benzene rings is 2. The summed E-state index contributed by atoms with van der Waals surface area (Å²) in [6.45, 7) is 5.90. The third kappa shape index (κ3) is 5.49. The average Bonchev–Trinajstić information content (AvgIpc) is 3.25. The van der Waals surface area contributed by atoms with E-state index in [2.05, 4.69) is 32.6 Å². The van der Waals surface area contributed by atoms with Gasteiger partial charge < -0.3 is 5.32 Å². The Hall–Kier alpha value is -2.32.